The minimum Gasteiger partial charge on any atom is -0.322 e. The third kappa shape index (κ3) is 3.42. The lowest BCUT2D eigenvalue weighted by Gasteiger charge is -2.09. The van der Waals surface area contributed by atoms with Gasteiger partial charge in [0.25, 0.3) is 5.91 Å². The van der Waals surface area contributed by atoms with E-state index in [1.54, 1.807) is 0 Å². The minimum absolute atomic E-state index is 0.0697. The summed E-state index contributed by atoms with van der Waals surface area (Å²) in [6.45, 7) is 2.72. The first kappa shape index (κ1) is 13.3. The van der Waals surface area contributed by atoms with Crippen molar-refractivity contribution < 1.29 is 4.79 Å². The van der Waals surface area contributed by atoms with Gasteiger partial charge in [-0.05, 0) is 43.3 Å². The van der Waals surface area contributed by atoms with Crippen molar-refractivity contribution >= 4 is 11.6 Å². The second-order valence-electron chi connectivity index (χ2n) is 4.50. The minimum atomic E-state index is -0.0697. The normalized spacial score (nSPS) is 10.2. The smallest absolute Gasteiger partial charge is 0.255 e. The summed E-state index contributed by atoms with van der Waals surface area (Å²) in [6.07, 6.45) is 0. The Labute approximate surface area is 113 Å². The van der Waals surface area contributed by atoms with Gasteiger partial charge in [0.15, 0.2) is 0 Å². The first-order valence-corrected chi connectivity index (χ1v) is 6.31. The molecule has 2 rings (SSSR count). The van der Waals surface area contributed by atoms with Gasteiger partial charge in [0.2, 0.25) is 0 Å². The average molecular weight is 254 g/mol. The molecule has 0 atom stereocenters. The van der Waals surface area contributed by atoms with Crippen LogP contribution in [0.3, 0.4) is 0 Å². The highest BCUT2D eigenvalue weighted by Gasteiger charge is 2.08. The zero-order valence-electron chi connectivity index (χ0n) is 11.2. The number of amides is 1. The molecule has 0 saturated heterocycles. The van der Waals surface area contributed by atoms with E-state index < -0.39 is 0 Å². The molecule has 0 saturated carbocycles. The van der Waals surface area contributed by atoms with Crippen LogP contribution in [0.15, 0.2) is 48.5 Å². The van der Waals surface area contributed by atoms with Crippen LogP contribution in [0.25, 0.3) is 0 Å². The van der Waals surface area contributed by atoms with Gasteiger partial charge in [0.1, 0.15) is 0 Å². The molecule has 2 aromatic rings. The molecular weight excluding hydrogens is 236 g/mol. The summed E-state index contributed by atoms with van der Waals surface area (Å²) in [6, 6.07) is 15.4. The van der Waals surface area contributed by atoms with Gasteiger partial charge in [-0.1, -0.05) is 30.3 Å². The van der Waals surface area contributed by atoms with Crippen LogP contribution >= 0.6 is 0 Å². The first-order valence-electron chi connectivity index (χ1n) is 6.31. The predicted molar refractivity (Wildman–Crippen MR) is 78.3 cm³/mol. The number of rotatable bonds is 4. The molecule has 0 heterocycles. The fourth-order valence-corrected chi connectivity index (χ4v) is 1.99. The van der Waals surface area contributed by atoms with Crippen molar-refractivity contribution in [3.63, 3.8) is 0 Å². The summed E-state index contributed by atoms with van der Waals surface area (Å²) in [7, 11) is 1.90. The molecule has 0 aliphatic carbocycles. The second kappa shape index (κ2) is 6.16. The molecular formula is C16H18N2O. The number of aryl methyl sites for hydroxylation is 1. The Hall–Kier alpha value is -2.13. The molecule has 1 amide bonds. The fraction of sp³-hybridized carbons (Fsp3) is 0.188. The summed E-state index contributed by atoms with van der Waals surface area (Å²) < 4.78 is 0. The van der Waals surface area contributed by atoms with Gasteiger partial charge in [-0.3, -0.25) is 4.79 Å². The fourth-order valence-electron chi connectivity index (χ4n) is 1.99. The first-order chi connectivity index (χ1) is 9.20. The van der Waals surface area contributed by atoms with E-state index in [9.17, 15) is 4.79 Å². The highest BCUT2D eigenvalue weighted by atomic mass is 16.1. The van der Waals surface area contributed by atoms with Gasteiger partial charge in [-0.25, -0.2) is 0 Å². The molecule has 0 fully saturated rings. The van der Waals surface area contributed by atoms with E-state index in [2.05, 4.69) is 10.6 Å². The maximum Gasteiger partial charge on any atom is 0.255 e. The summed E-state index contributed by atoms with van der Waals surface area (Å²) in [5, 5.41) is 6.02. The quantitative estimate of drug-likeness (QED) is 0.880. The lowest BCUT2D eigenvalue weighted by Crippen LogP contribution is -2.13. The van der Waals surface area contributed by atoms with Crippen LogP contribution in [0.4, 0.5) is 5.69 Å². The van der Waals surface area contributed by atoms with Gasteiger partial charge < -0.3 is 10.6 Å². The molecule has 0 aromatic heterocycles. The highest BCUT2D eigenvalue weighted by Crippen LogP contribution is 2.14. The van der Waals surface area contributed by atoms with Crippen molar-refractivity contribution in [1.29, 1.82) is 0 Å². The molecule has 0 aliphatic heterocycles. The number of benzene rings is 2. The number of carbonyl (C=O) groups is 1. The van der Waals surface area contributed by atoms with Crippen LogP contribution in [0, 0.1) is 6.92 Å². The second-order valence-corrected chi connectivity index (χ2v) is 4.50. The number of hydrogen-bond acceptors (Lipinski definition) is 2. The molecule has 0 spiro atoms. The van der Waals surface area contributed by atoms with E-state index in [4.69, 9.17) is 0 Å². The standard InChI is InChI=1S/C16H18N2O/c1-12-6-3-4-9-15(12)16(19)18-14-8-5-7-13(10-14)11-17-2/h3-10,17H,11H2,1-2H3,(H,18,19). The lowest BCUT2D eigenvalue weighted by atomic mass is 10.1. The molecule has 2 aromatic carbocycles. The Balaban J connectivity index is 2.15. The van der Waals surface area contributed by atoms with Crippen molar-refractivity contribution in [2.75, 3.05) is 12.4 Å². The van der Waals surface area contributed by atoms with Crippen molar-refractivity contribution in [2.24, 2.45) is 0 Å². The number of nitrogens with one attached hydrogen (secondary N) is 2. The summed E-state index contributed by atoms with van der Waals surface area (Å²) in [5.74, 6) is -0.0697. The average Bonchev–Trinajstić information content (AvgIpc) is 2.40. The molecule has 19 heavy (non-hydrogen) atoms. The lowest BCUT2D eigenvalue weighted by molar-refractivity contribution is 0.102. The topological polar surface area (TPSA) is 41.1 Å². The van der Waals surface area contributed by atoms with Crippen molar-refractivity contribution in [3.05, 3.63) is 65.2 Å². The van der Waals surface area contributed by atoms with E-state index in [1.165, 1.54) is 0 Å². The Morgan fingerprint density at radius 2 is 1.89 bits per heavy atom. The predicted octanol–water partition coefficient (Wildman–Crippen LogP) is 2.97. The highest BCUT2D eigenvalue weighted by molar-refractivity contribution is 6.05. The van der Waals surface area contributed by atoms with Gasteiger partial charge in [0, 0.05) is 17.8 Å². The molecule has 0 bridgehead atoms. The van der Waals surface area contributed by atoms with Gasteiger partial charge in [-0.15, -0.1) is 0 Å². The summed E-state index contributed by atoms with van der Waals surface area (Å²) in [5.41, 5.74) is 3.65. The van der Waals surface area contributed by atoms with E-state index in [0.717, 1.165) is 23.4 Å². The van der Waals surface area contributed by atoms with E-state index in [0.29, 0.717) is 5.56 Å². The zero-order valence-corrected chi connectivity index (χ0v) is 11.2. The summed E-state index contributed by atoms with van der Waals surface area (Å²) >= 11 is 0. The van der Waals surface area contributed by atoms with E-state index in [1.807, 2.05) is 62.5 Å². The third-order valence-electron chi connectivity index (χ3n) is 2.96. The molecule has 98 valence electrons. The van der Waals surface area contributed by atoms with Crippen LogP contribution in [0.2, 0.25) is 0 Å². The van der Waals surface area contributed by atoms with Crippen LogP contribution in [0.1, 0.15) is 21.5 Å². The van der Waals surface area contributed by atoms with Crippen LogP contribution in [0.5, 0.6) is 0 Å². The Bertz CT molecular complexity index is 578. The van der Waals surface area contributed by atoms with E-state index in [-0.39, 0.29) is 5.91 Å². The van der Waals surface area contributed by atoms with Crippen molar-refractivity contribution in [2.45, 2.75) is 13.5 Å². The maximum absolute atomic E-state index is 12.2. The molecule has 0 aliphatic rings. The van der Waals surface area contributed by atoms with Crippen LogP contribution < -0.4 is 10.6 Å². The molecule has 3 heteroatoms. The SMILES string of the molecule is CNCc1cccc(NC(=O)c2ccccc2C)c1. The summed E-state index contributed by atoms with van der Waals surface area (Å²) in [4.78, 5) is 12.2. The molecule has 2 N–H and O–H groups in total. The largest absolute Gasteiger partial charge is 0.322 e. The Kier molecular flexibility index (Phi) is 4.31. The maximum atomic E-state index is 12.2. The Morgan fingerprint density at radius 1 is 1.11 bits per heavy atom. The third-order valence-corrected chi connectivity index (χ3v) is 2.96. The molecule has 0 unspecified atom stereocenters. The van der Waals surface area contributed by atoms with Crippen LogP contribution in [-0.2, 0) is 6.54 Å². The zero-order chi connectivity index (χ0) is 13.7. The Morgan fingerprint density at radius 3 is 2.63 bits per heavy atom. The molecule has 0 radical (unpaired) electrons. The van der Waals surface area contributed by atoms with Gasteiger partial charge in [-0.2, -0.15) is 0 Å². The number of hydrogen-bond donors (Lipinski definition) is 2. The van der Waals surface area contributed by atoms with Gasteiger partial charge >= 0.3 is 0 Å². The number of anilines is 1. The van der Waals surface area contributed by atoms with Crippen molar-refractivity contribution in [3.8, 4) is 0 Å². The van der Waals surface area contributed by atoms with E-state index >= 15 is 0 Å². The van der Waals surface area contributed by atoms with Crippen LogP contribution in [-0.4, -0.2) is 13.0 Å². The van der Waals surface area contributed by atoms with Gasteiger partial charge in [0.05, 0.1) is 0 Å². The van der Waals surface area contributed by atoms with Crippen molar-refractivity contribution in [1.82, 2.24) is 5.32 Å². The molecule has 3 nitrogen and oxygen atoms in total. The number of carbonyl (C=O) groups excluding carboxylic acids is 1. The monoisotopic (exact) mass is 254 g/mol.